The Hall–Kier alpha value is -4.38. The van der Waals surface area contributed by atoms with Crippen molar-refractivity contribution in [2.24, 2.45) is 0 Å². The minimum Gasteiger partial charge on any atom is -0.310 e. The molecule has 0 spiro atoms. The summed E-state index contributed by atoms with van der Waals surface area (Å²) < 4.78 is 2.38. The van der Waals surface area contributed by atoms with E-state index in [1.165, 1.54) is 223 Å². The van der Waals surface area contributed by atoms with Gasteiger partial charge in [0.15, 0.2) is 0 Å². The van der Waals surface area contributed by atoms with E-state index in [-0.39, 0.29) is 0 Å². The van der Waals surface area contributed by atoms with Crippen LogP contribution in [0, 0.1) is 55.4 Å². The normalized spacial score (nSPS) is 11.6. The lowest BCUT2D eigenvalue weighted by Crippen LogP contribution is -2.15. The van der Waals surface area contributed by atoms with Gasteiger partial charge in [0, 0.05) is 31.7 Å². The number of fused-ring (bicyclic) bond motifs is 3. The van der Waals surface area contributed by atoms with Gasteiger partial charge in [0.25, 0.3) is 0 Å². The van der Waals surface area contributed by atoms with Crippen molar-refractivity contribution in [2.45, 2.75) is 212 Å². The number of aryl methyl sites for hydroxylation is 12. The van der Waals surface area contributed by atoms with Crippen molar-refractivity contribution in [1.29, 1.82) is 0 Å². The third-order valence-corrected chi connectivity index (χ3v) is 18.4. The minimum atomic E-state index is 1.09. The van der Waals surface area contributed by atoms with Gasteiger partial charge in [-0.2, -0.15) is 0 Å². The largest absolute Gasteiger partial charge is 0.310 e. The summed E-state index contributed by atoms with van der Waals surface area (Å²) >= 11 is 7.87. The molecular weight excluding hydrogens is 1030 g/mol. The number of rotatable bonds is 26. The van der Waals surface area contributed by atoms with Crippen molar-refractivity contribution in [3.8, 4) is 0 Å². The monoisotopic (exact) mass is 1120 g/mol. The van der Waals surface area contributed by atoms with Crippen LogP contribution in [0.1, 0.15) is 197 Å². The Bertz CT molecular complexity index is 2730. The number of anilines is 6. The molecule has 0 unspecified atom stereocenters. The van der Waals surface area contributed by atoms with Crippen molar-refractivity contribution in [3.05, 3.63) is 161 Å². The molecule has 0 amide bonds. The average molecular weight is 1120 g/mol. The van der Waals surface area contributed by atoms with Gasteiger partial charge in [-0.05, 0) is 244 Å². The fourth-order valence-corrected chi connectivity index (χ4v) is 12.6. The van der Waals surface area contributed by atoms with Gasteiger partial charge in [0.05, 0.1) is 11.4 Å². The van der Waals surface area contributed by atoms with Crippen LogP contribution in [0.15, 0.2) is 93.9 Å². The first-order chi connectivity index (χ1) is 35.7. The maximum atomic E-state index is 3.94. The molecule has 7 aromatic rings. The lowest BCUT2D eigenvalue weighted by Gasteiger charge is -2.31. The van der Waals surface area contributed by atoms with E-state index in [0.29, 0.717) is 0 Å². The van der Waals surface area contributed by atoms with E-state index in [4.69, 9.17) is 0 Å². The van der Waals surface area contributed by atoms with Crippen LogP contribution in [0.25, 0.3) is 21.5 Å². The molecule has 0 aliphatic rings. The smallest absolute Gasteiger partial charge is 0.0520 e. The number of benzene rings is 7. The second kappa shape index (κ2) is 27.1. The molecule has 0 heterocycles. The van der Waals surface area contributed by atoms with Gasteiger partial charge in [-0.3, -0.25) is 0 Å². The highest BCUT2D eigenvalue weighted by atomic mass is 79.9. The van der Waals surface area contributed by atoms with Crippen LogP contribution in [-0.4, -0.2) is 0 Å². The summed E-state index contributed by atoms with van der Waals surface area (Å²) in [6.07, 6.45) is 24.7. The predicted octanol–water partition coefficient (Wildman–Crippen LogP) is 23.4. The van der Waals surface area contributed by atoms with E-state index in [1.54, 1.807) is 11.1 Å². The van der Waals surface area contributed by atoms with Crippen LogP contribution < -0.4 is 9.80 Å². The van der Waals surface area contributed by atoms with Gasteiger partial charge in [0.1, 0.15) is 0 Å². The molecule has 0 bridgehead atoms. The predicted molar refractivity (Wildman–Crippen MR) is 336 cm³/mol. The molecule has 0 atom stereocenters. The zero-order valence-electron chi connectivity index (χ0n) is 47.9. The van der Waals surface area contributed by atoms with E-state index >= 15 is 0 Å². The number of halogens is 2. The number of hydrogen-bond acceptors (Lipinski definition) is 2. The van der Waals surface area contributed by atoms with Crippen molar-refractivity contribution in [1.82, 2.24) is 0 Å². The highest BCUT2D eigenvalue weighted by Gasteiger charge is 2.25. The first kappa shape index (κ1) is 57.3. The van der Waals surface area contributed by atoms with Crippen LogP contribution in [0.2, 0.25) is 0 Å². The maximum absolute atomic E-state index is 3.94. The summed E-state index contributed by atoms with van der Waals surface area (Å²) in [5.41, 5.74) is 23.9. The van der Waals surface area contributed by atoms with Crippen LogP contribution in [0.5, 0.6) is 0 Å². The Balaban J connectivity index is 1.52. The van der Waals surface area contributed by atoms with Crippen LogP contribution in [0.3, 0.4) is 0 Å². The zero-order valence-corrected chi connectivity index (χ0v) is 51.0. The van der Waals surface area contributed by atoms with Gasteiger partial charge in [-0.25, -0.2) is 0 Å². The summed E-state index contributed by atoms with van der Waals surface area (Å²) in [7, 11) is 0. The number of hydrogen-bond donors (Lipinski definition) is 0. The topological polar surface area (TPSA) is 6.48 Å². The number of unbranched alkanes of at least 4 members (excludes halogenated alkanes) is 12. The van der Waals surface area contributed by atoms with Crippen molar-refractivity contribution < 1.29 is 0 Å². The molecule has 0 N–H and O–H groups in total. The van der Waals surface area contributed by atoms with Crippen molar-refractivity contribution in [3.63, 3.8) is 0 Å². The summed E-state index contributed by atoms with van der Waals surface area (Å²) in [5.74, 6) is 0. The third kappa shape index (κ3) is 13.4. The first-order valence-electron chi connectivity index (χ1n) is 29.1. The quantitative estimate of drug-likeness (QED) is 0.0394. The highest BCUT2D eigenvalue weighted by molar-refractivity contribution is 9.10. The summed E-state index contributed by atoms with van der Waals surface area (Å²) in [5, 5.41) is 5.58. The van der Waals surface area contributed by atoms with Gasteiger partial charge >= 0.3 is 0 Å². The molecule has 394 valence electrons. The van der Waals surface area contributed by atoms with Gasteiger partial charge in [-0.1, -0.05) is 173 Å². The van der Waals surface area contributed by atoms with E-state index in [1.807, 2.05) is 0 Å². The second-order valence-corrected chi connectivity index (χ2v) is 23.9. The van der Waals surface area contributed by atoms with Crippen LogP contribution >= 0.6 is 31.9 Å². The molecule has 4 heteroatoms. The lowest BCUT2D eigenvalue weighted by atomic mass is 9.85. The lowest BCUT2D eigenvalue weighted by molar-refractivity contribution is 0.600. The highest BCUT2D eigenvalue weighted by Crippen LogP contribution is 2.47. The average Bonchev–Trinajstić information content (AvgIpc) is 3.38. The van der Waals surface area contributed by atoms with Crippen LogP contribution in [-0.2, 0) is 25.7 Å². The third-order valence-electron chi connectivity index (χ3n) is 15.9. The molecule has 0 saturated carbocycles. The van der Waals surface area contributed by atoms with Crippen molar-refractivity contribution >= 4 is 87.5 Å². The van der Waals surface area contributed by atoms with Crippen LogP contribution in [0.4, 0.5) is 34.1 Å². The molecule has 0 radical (unpaired) electrons. The standard InChI is InChI=1S/C70H90Br2N2/c1-13-17-21-23-25-27-31-61-62(32-28-26-24-22-18-14-2)66-46-58(74(60-43-49(7)68(72)50(8)44-60)70-53(11)39-56(30-20-16-4)40-54(70)12)34-36-64(66)63-35-33-57(45-65(61)63)73(59-41-47(5)67(71)48(6)42-59)69-51(9)37-55(29-19-15-3)38-52(69)10/h33-46H,13-32H2,1-12H3. The molecule has 7 aromatic carbocycles. The summed E-state index contributed by atoms with van der Waals surface area (Å²) in [6, 6.07) is 34.4. The first-order valence-corrected chi connectivity index (χ1v) is 30.6. The van der Waals surface area contributed by atoms with E-state index in [0.717, 1.165) is 25.7 Å². The summed E-state index contributed by atoms with van der Waals surface area (Å²) in [6.45, 7) is 27.6. The van der Waals surface area contributed by atoms with Crippen molar-refractivity contribution in [2.75, 3.05) is 9.80 Å². The number of nitrogens with zero attached hydrogens (tertiary/aromatic N) is 2. The minimum absolute atomic E-state index is 1.09. The Morgan fingerprint density at radius 1 is 0.297 bits per heavy atom. The fourth-order valence-electron chi connectivity index (χ4n) is 12.1. The molecule has 0 fully saturated rings. The molecule has 0 saturated heterocycles. The molecule has 74 heavy (non-hydrogen) atoms. The van der Waals surface area contributed by atoms with Gasteiger partial charge in [-0.15, -0.1) is 0 Å². The Morgan fingerprint density at radius 2 is 0.608 bits per heavy atom. The Morgan fingerprint density at radius 3 is 0.932 bits per heavy atom. The maximum Gasteiger partial charge on any atom is 0.0520 e. The molecule has 0 aromatic heterocycles. The molecule has 0 aliphatic heterocycles. The van der Waals surface area contributed by atoms with Gasteiger partial charge < -0.3 is 9.80 Å². The molecule has 2 nitrogen and oxygen atoms in total. The van der Waals surface area contributed by atoms with E-state index in [9.17, 15) is 0 Å². The second-order valence-electron chi connectivity index (χ2n) is 22.3. The Labute approximate surface area is 466 Å². The Kier molecular flexibility index (Phi) is 21.0. The SMILES string of the molecule is CCCCCCCCc1c(CCCCCCCC)c2cc(N(c3cc(C)c(Br)c(C)c3)c3c(C)cc(CCCC)cc3C)ccc2c2ccc(N(c3cc(C)c(Br)c(C)c3)c3c(C)cc(CCCC)cc3C)cc12. The fraction of sp³-hybridized carbons (Fsp3) is 0.457. The molecular formula is C70H90Br2N2. The summed E-state index contributed by atoms with van der Waals surface area (Å²) in [4.78, 5) is 5.18. The molecule has 7 rings (SSSR count). The zero-order chi connectivity index (χ0) is 53.1. The van der Waals surface area contributed by atoms with E-state index < -0.39 is 0 Å². The van der Waals surface area contributed by atoms with E-state index in [2.05, 4.69) is 210 Å². The van der Waals surface area contributed by atoms with Gasteiger partial charge in [0.2, 0.25) is 0 Å². The molecule has 0 aliphatic carbocycles.